The summed E-state index contributed by atoms with van der Waals surface area (Å²) in [6.45, 7) is -0.118. The van der Waals surface area contributed by atoms with Gasteiger partial charge in [0, 0.05) is 48.3 Å². The molecule has 32 heavy (non-hydrogen) atoms. The molecule has 1 N–H and O–H groups in total. The Hall–Kier alpha value is -2.30. The molecule has 174 valence electrons. The third-order valence-corrected chi connectivity index (χ3v) is 6.85. The monoisotopic (exact) mass is 501 g/mol. The molecule has 0 spiro atoms. The highest BCUT2D eigenvalue weighted by atomic mass is 35.5. The molecule has 0 bridgehead atoms. The number of nitrogens with one attached hydrogen (secondary N) is 1. The zero-order valence-electron chi connectivity index (χ0n) is 18.0. The van der Waals surface area contributed by atoms with Gasteiger partial charge in [0.15, 0.2) is 0 Å². The van der Waals surface area contributed by atoms with Gasteiger partial charge in [-0.2, -0.15) is 11.8 Å². The van der Waals surface area contributed by atoms with E-state index in [1.54, 1.807) is 20.2 Å². The summed E-state index contributed by atoms with van der Waals surface area (Å²) in [5.41, 5.74) is 1.09. The van der Waals surface area contributed by atoms with Crippen molar-refractivity contribution in [3.05, 3.63) is 64.4 Å². The van der Waals surface area contributed by atoms with E-state index in [1.807, 2.05) is 0 Å². The Bertz CT molecular complexity index is 1040. The summed E-state index contributed by atoms with van der Waals surface area (Å²) < 4.78 is 39.2. The smallest absolute Gasteiger partial charge is 0.253 e. The number of rotatable bonds is 10. The van der Waals surface area contributed by atoms with Gasteiger partial charge in [0.1, 0.15) is 12.4 Å². The van der Waals surface area contributed by atoms with Crippen LogP contribution in [-0.2, 0) is 20.6 Å². The minimum absolute atomic E-state index is 0.214. The van der Waals surface area contributed by atoms with Crippen molar-refractivity contribution in [1.82, 2.24) is 10.2 Å². The third-order valence-electron chi connectivity index (χ3n) is 4.37. The molecule has 0 aliphatic rings. The van der Waals surface area contributed by atoms with Crippen molar-refractivity contribution in [2.45, 2.75) is 5.75 Å². The Labute approximate surface area is 197 Å². The molecule has 0 saturated heterocycles. The third kappa shape index (κ3) is 7.39. The van der Waals surface area contributed by atoms with E-state index in [9.17, 15) is 22.4 Å². The van der Waals surface area contributed by atoms with Gasteiger partial charge in [-0.3, -0.25) is 13.9 Å². The molecule has 0 aliphatic carbocycles. The lowest BCUT2D eigenvalue weighted by molar-refractivity contribution is -0.119. The first kappa shape index (κ1) is 26.0. The lowest BCUT2D eigenvalue weighted by Crippen LogP contribution is -2.41. The van der Waals surface area contributed by atoms with E-state index in [-0.39, 0.29) is 24.0 Å². The van der Waals surface area contributed by atoms with Gasteiger partial charge >= 0.3 is 0 Å². The minimum atomic E-state index is -3.73. The Morgan fingerprint density at radius 3 is 2.34 bits per heavy atom. The number of nitrogens with zero attached hydrogens (tertiary/aromatic N) is 2. The molecule has 11 heteroatoms. The summed E-state index contributed by atoms with van der Waals surface area (Å²) >= 11 is 7.38. The molecule has 2 amide bonds. The maximum atomic E-state index is 13.8. The molecular formula is C21H25ClFN3O4S2. The Balaban J connectivity index is 1.91. The normalized spacial score (nSPS) is 11.2. The van der Waals surface area contributed by atoms with Gasteiger partial charge in [0.25, 0.3) is 5.91 Å². The summed E-state index contributed by atoms with van der Waals surface area (Å²) in [7, 11) is -0.492. The molecule has 0 unspecified atom stereocenters. The van der Waals surface area contributed by atoms with Crippen molar-refractivity contribution in [2.24, 2.45) is 0 Å². The second kappa shape index (κ2) is 11.5. The van der Waals surface area contributed by atoms with Gasteiger partial charge in [-0.1, -0.05) is 17.7 Å². The van der Waals surface area contributed by atoms with E-state index in [0.717, 1.165) is 10.6 Å². The number of benzene rings is 2. The standard InChI is InChI=1S/C21H25ClFN3O4S2/c1-25(2)21(28)15-7-9-16(10-8-15)26(32(3,29)30)13-20(27)24-11-12-31-14-17-18(22)5-4-6-19(17)23/h4-10H,11-14H2,1-3H3,(H,24,27). The van der Waals surface area contributed by atoms with Crippen LogP contribution in [0.15, 0.2) is 42.5 Å². The summed E-state index contributed by atoms with van der Waals surface area (Å²) in [5, 5.41) is 3.01. The quantitative estimate of drug-likeness (QED) is 0.506. The van der Waals surface area contributed by atoms with Crippen LogP contribution in [0.1, 0.15) is 15.9 Å². The highest BCUT2D eigenvalue weighted by molar-refractivity contribution is 7.98. The van der Waals surface area contributed by atoms with Crippen molar-refractivity contribution in [1.29, 1.82) is 0 Å². The van der Waals surface area contributed by atoms with Crippen LogP contribution in [0.2, 0.25) is 5.02 Å². The zero-order valence-corrected chi connectivity index (χ0v) is 20.4. The predicted molar refractivity (Wildman–Crippen MR) is 127 cm³/mol. The van der Waals surface area contributed by atoms with Crippen molar-refractivity contribution in [3.8, 4) is 0 Å². The highest BCUT2D eigenvalue weighted by Crippen LogP contribution is 2.23. The minimum Gasteiger partial charge on any atom is -0.354 e. The van der Waals surface area contributed by atoms with E-state index < -0.39 is 22.5 Å². The van der Waals surface area contributed by atoms with Crippen molar-refractivity contribution in [2.75, 3.05) is 43.5 Å². The molecule has 0 atom stereocenters. The Morgan fingerprint density at radius 2 is 1.78 bits per heavy atom. The van der Waals surface area contributed by atoms with Crippen LogP contribution in [-0.4, -0.2) is 64.3 Å². The van der Waals surface area contributed by atoms with Gasteiger partial charge < -0.3 is 10.2 Å². The molecular weight excluding hydrogens is 477 g/mol. The number of halogens is 2. The average molecular weight is 502 g/mol. The fourth-order valence-electron chi connectivity index (χ4n) is 2.72. The molecule has 7 nitrogen and oxygen atoms in total. The topological polar surface area (TPSA) is 86.8 Å². The average Bonchev–Trinajstić information content (AvgIpc) is 2.72. The van der Waals surface area contributed by atoms with Gasteiger partial charge in [-0.15, -0.1) is 0 Å². The largest absolute Gasteiger partial charge is 0.354 e. The number of sulfonamides is 1. The SMILES string of the molecule is CN(C)C(=O)c1ccc(N(CC(=O)NCCSCc2c(F)cccc2Cl)S(C)(=O)=O)cc1. The maximum absolute atomic E-state index is 13.8. The van der Waals surface area contributed by atoms with E-state index in [2.05, 4.69) is 5.32 Å². The Morgan fingerprint density at radius 1 is 1.12 bits per heavy atom. The number of carbonyl (C=O) groups is 2. The second-order valence-corrected chi connectivity index (χ2v) is 10.5. The highest BCUT2D eigenvalue weighted by Gasteiger charge is 2.21. The lowest BCUT2D eigenvalue weighted by atomic mass is 10.2. The summed E-state index contributed by atoms with van der Waals surface area (Å²) in [6, 6.07) is 10.5. The van der Waals surface area contributed by atoms with E-state index >= 15 is 0 Å². The second-order valence-electron chi connectivity index (χ2n) is 7.12. The first-order valence-electron chi connectivity index (χ1n) is 9.57. The summed E-state index contributed by atoms with van der Waals surface area (Å²) in [4.78, 5) is 25.7. The van der Waals surface area contributed by atoms with Gasteiger partial charge in [-0.05, 0) is 36.4 Å². The molecule has 2 aromatic rings. The van der Waals surface area contributed by atoms with Crippen LogP contribution >= 0.6 is 23.4 Å². The first-order chi connectivity index (χ1) is 15.0. The molecule has 0 heterocycles. The number of thioether (sulfide) groups is 1. The van der Waals surface area contributed by atoms with Crippen molar-refractivity contribution < 1.29 is 22.4 Å². The number of amides is 2. The van der Waals surface area contributed by atoms with Crippen LogP contribution in [0.4, 0.5) is 10.1 Å². The molecule has 0 aromatic heterocycles. The fourth-order valence-corrected chi connectivity index (χ4v) is 4.78. The number of hydrogen-bond donors (Lipinski definition) is 1. The van der Waals surface area contributed by atoms with Crippen LogP contribution in [0.5, 0.6) is 0 Å². The van der Waals surface area contributed by atoms with Gasteiger partial charge in [-0.25, -0.2) is 12.8 Å². The first-order valence-corrected chi connectivity index (χ1v) is 13.0. The predicted octanol–water partition coefficient (Wildman–Crippen LogP) is 3.00. The van der Waals surface area contributed by atoms with Crippen LogP contribution in [0, 0.1) is 5.82 Å². The molecule has 0 fully saturated rings. The molecule has 0 radical (unpaired) electrons. The molecule has 2 aromatic carbocycles. The van der Waals surface area contributed by atoms with Crippen LogP contribution in [0.25, 0.3) is 0 Å². The zero-order chi connectivity index (χ0) is 23.9. The molecule has 0 saturated carbocycles. The van der Waals surface area contributed by atoms with Crippen molar-refractivity contribution in [3.63, 3.8) is 0 Å². The van der Waals surface area contributed by atoms with Gasteiger partial charge in [0.05, 0.1) is 11.9 Å². The number of carbonyl (C=O) groups excluding carboxylic acids is 2. The van der Waals surface area contributed by atoms with Crippen LogP contribution < -0.4 is 9.62 Å². The summed E-state index contributed by atoms with van der Waals surface area (Å²) in [6.07, 6.45) is 1.01. The Kier molecular flexibility index (Phi) is 9.35. The number of hydrogen-bond acceptors (Lipinski definition) is 5. The summed E-state index contributed by atoms with van der Waals surface area (Å²) in [5.74, 6) is -0.218. The molecule has 0 aliphatic heterocycles. The molecule has 2 rings (SSSR count). The van der Waals surface area contributed by atoms with Crippen molar-refractivity contribution >= 4 is 50.9 Å². The lowest BCUT2D eigenvalue weighted by Gasteiger charge is -2.22. The van der Waals surface area contributed by atoms with Gasteiger partial charge in [0.2, 0.25) is 15.9 Å². The number of anilines is 1. The van der Waals surface area contributed by atoms with E-state index in [1.165, 1.54) is 53.1 Å². The fraction of sp³-hybridized carbons (Fsp3) is 0.333. The van der Waals surface area contributed by atoms with E-state index in [0.29, 0.717) is 27.7 Å². The van der Waals surface area contributed by atoms with E-state index in [4.69, 9.17) is 11.6 Å². The van der Waals surface area contributed by atoms with Crippen LogP contribution in [0.3, 0.4) is 0 Å². The maximum Gasteiger partial charge on any atom is 0.253 e.